The summed E-state index contributed by atoms with van der Waals surface area (Å²) < 4.78 is 5.23. The van der Waals surface area contributed by atoms with E-state index in [9.17, 15) is 15.0 Å². The van der Waals surface area contributed by atoms with E-state index in [2.05, 4.69) is 5.32 Å². The fraction of sp³-hybridized carbons (Fsp3) is 0.188. The molecule has 0 unspecified atom stereocenters. The summed E-state index contributed by atoms with van der Waals surface area (Å²) in [5, 5.41) is 21.9. The van der Waals surface area contributed by atoms with E-state index in [-0.39, 0.29) is 17.1 Å². The molecule has 0 radical (unpaired) electrons. The van der Waals surface area contributed by atoms with Crippen LogP contribution in [0.5, 0.6) is 17.2 Å². The second kappa shape index (κ2) is 6.65. The number of rotatable bonds is 5. The van der Waals surface area contributed by atoms with Gasteiger partial charge in [-0.1, -0.05) is 24.3 Å². The van der Waals surface area contributed by atoms with Gasteiger partial charge in [0.2, 0.25) is 0 Å². The highest BCUT2D eigenvalue weighted by atomic mass is 16.5. The molecule has 2 aromatic carbocycles. The van der Waals surface area contributed by atoms with E-state index in [4.69, 9.17) is 4.74 Å². The first-order valence-corrected chi connectivity index (χ1v) is 6.54. The lowest BCUT2D eigenvalue weighted by Gasteiger charge is -2.10. The van der Waals surface area contributed by atoms with Gasteiger partial charge in [0.05, 0.1) is 7.11 Å². The van der Waals surface area contributed by atoms with Crippen LogP contribution in [0.2, 0.25) is 0 Å². The highest BCUT2D eigenvalue weighted by molar-refractivity contribution is 5.99. The number of methoxy groups -OCH3 is 1. The van der Waals surface area contributed by atoms with Crippen LogP contribution in [0.4, 0.5) is 0 Å². The average Bonchev–Trinajstić information content (AvgIpc) is 2.47. The van der Waals surface area contributed by atoms with Crippen LogP contribution < -0.4 is 10.1 Å². The smallest absolute Gasteiger partial charge is 0.258 e. The van der Waals surface area contributed by atoms with Crippen molar-refractivity contribution in [2.75, 3.05) is 13.7 Å². The third-order valence-electron chi connectivity index (χ3n) is 3.12. The predicted octanol–water partition coefficient (Wildman–Crippen LogP) is 2.08. The normalized spacial score (nSPS) is 10.1. The second-order valence-corrected chi connectivity index (χ2v) is 4.49. The van der Waals surface area contributed by atoms with E-state index >= 15 is 0 Å². The monoisotopic (exact) mass is 287 g/mol. The van der Waals surface area contributed by atoms with Crippen molar-refractivity contribution in [1.82, 2.24) is 5.32 Å². The first-order valence-electron chi connectivity index (χ1n) is 6.54. The molecule has 0 aliphatic rings. The maximum absolute atomic E-state index is 12.0. The second-order valence-electron chi connectivity index (χ2n) is 4.49. The van der Waals surface area contributed by atoms with Gasteiger partial charge in [0.25, 0.3) is 5.91 Å². The van der Waals surface area contributed by atoms with E-state index in [0.717, 1.165) is 11.3 Å². The molecule has 5 nitrogen and oxygen atoms in total. The summed E-state index contributed by atoms with van der Waals surface area (Å²) in [6.45, 7) is 0.368. The number of ether oxygens (including phenoxy) is 1. The van der Waals surface area contributed by atoms with Crippen LogP contribution in [0, 0.1) is 0 Å². The number of phenols is 2. The standard InChI is InChI=1S/C16H17NO4/c1-21-14-8-3-2-5-11(14)9-10-17-16(20)15-12(18)6-4-7-13(15)19/h2-8,18-19H,9-10H2,1H3,(H,17,20). The van der Waals surface area contributed by atoms with Crippen LogP contribution in [-0.4, -0.2) is 29.8 Å². The van der Waals surface area contributed by atoms with E-state index in [0.29, 0.717) is 13.0 Å². The highest BCUT2D eigenvalue weighted by Gasteiger charge is 2.15. The Hall–Kier alpha value is -2.69. The Morgan fingerprint density at radius 1 is 1.10 bits per heavy atom. The Balaban J connectivity index is 1.99. The third kappa shape index (κ3) is 3.45. The number of amides is 1. The molecule has 3 N–H and O–H groups in total. The molecular formula is C16H17NO4. The minimum Gasteiger partial charge on any atom is -0.507 e. The van der Waals surface area contributed by atoms with Gasteiger partial charge in [0.1, 0.15) is 22.8 Å². The van der Waals surface area contributed by atoms with E-state index in [1.54, 1.807) is 7.11 Å². The van der Waals surface area contributed by atoms with Crippen molar-refractivity contribution < 1.29 is 19.7 Å². The number of nitrogens with one attached hydrogen (secondary N) is 1. The van der Waals surface area contributed by atoms with Crippen molar-refractivity contribution in [3.8, 4) is 17.2 Å². The molecular weight excluding hydrogens is 270 g/mol. The summed E-state index contributed by atoms with van der Waals surface area (Å²) in [7, 11) is 1.59. The molecule has 0 aromatic heterocycles. The molecule has 0 fully saturated rings. The predicted molar refractivity (Wildman–Crippen MR) is 78.8 cm³/mol. The van der Waals surface area contributed by atoms with E-state index < -0.39 is 5.91 Å². The average molecular weight is 287 g/mol. The molecule has 5 heteroatoms. The molecule has 0 atom stereocenters. The van der Waals surface area contributed by atoms with Crippen LogP contribution in [0.3, 0.4) is 0 Å². The summed E-state index contributed by atoms with van der Waals surface area (Å²) in [6.07, 6.45) is 0.587. The SMILES string of the molecule is COc1ccccc1CCNC(=O)c1c(O)cccc1O. The molecule has 0 saturated heterocycles. The van der Waals surface area contributed by atoms with Crippen molar-refractivity contribution in [2.45, 2.75) is 6.42 Å². The highest BCUT2D eigenvalue weighted by Crippen LogP contribution is 2.25. The number of carbonyl (C=O) groups is 1. The molecule has 110 valence electrons. The Labute approximate surface area is 122 Å². The summed E-state index contributed by atoms with van der Waals surface area (Å²) in [6, 6.07) is 11.7. The molecule has 0 heterocycles. The van der Waals surface area contributed by atoms with Gasteiger partial charge < -0.3 is 20.3 Å². The summed E-state index contributed by atoms with van der Waals surface area (Å²) in [4.78, 5) is 12.0. The zero-order valence-electron chi connectivity index (χ0n) is 11.7. The zero-order valence-corrected chi connectivity index (χ0v) is 11.7. The van der Waals surface area contributed by atoms with Gasteiger partial charge in [-0.15, -0.1) is 0 Å². The van der Waals surface area contributed by atoms with Gasteiger partial charge in [-0.05, 0) is 30.2 Å². The van der Waals surface area contributed by atoms with Crippen LogP contribution in [0.15, 0.2) is 42.5 Å². The van der Waals surface area contributed by atoms with Crippen molar-refractivity contribution in [3.05, 3.63) is 53.6 Å². The minimum atomic E-state index is -0.513. The van der Waals surface area contributed by atoms with E-state index in [1.165, 1.54) is 18.2 Å². The van der Waals surface area contributed by atoms with Crippen molar-refractivity contribution >= 4 is 5.91 Å². The lowest BCUT2D eigenvalue weighted by Crippen LogP contribution is -2.26. The number of para-hydroxylation sites is 1. The Morgan fingerprint density at radius 2 is 1.76 bits per heavy atom. The van der Waals surface area contributed by atoms with Crippen LogP contribution in [-0.2, 0) is 6.42 Å². The van der Waals surface area contributed by atoms with Crippen molar-refractivity contribution in [3.63, 3.8) is 0 Å². The summed E-state index contributed by atoms with van der Waals surface area (Å²) in [5.74, 6) is -0.243. The van der Waals surface area contributed by atoms with Crippen LogP contribution in [0.1, 0.15) is 15.9 Å². The quantitative estimate of drug-likeness (QED) is 0.786. The lowest BCUT2D eigenvalue weighted by molar-refractivity contribution is 0.0948. The van der Waals surface area contributed by atoms with Crippen LogP contribution in [0.25, 0.3) is 0 Å². The fourth-order valence-corrected chi connectivity index (χ4v) is 2.07. The Bertz CT molecular complexity index is 620. The molecule has 2 rings (SSSR count). The number of aromatic hydroxyl groups is 2. The maximum atomic E-state index is 12.0. The molecule has 0 saturated carbocycles. The molecule has 2 aromatic rings. The molecule has 0 bridgehead atoms. The van der Waals surface area contributed by atoms with Gasteiger partial charge in [-0.25, -0.2) is 0 Å². The number of carbonyl (C=O) groups excluding carboxylic acids is 1. The molecule has 0 aliphatic carbocycles. The fourth-order valence-electron chi connectivity index (χ4n) is 2.07. The topological polar surface area (TPSA) is 78.8 Å². The van der Waals surface area contributed by atoms with Crippen molar-refractivity contribution in [2.24, 2.45) is 0 Å². The Kier molecular flexibility index (Phi) is 4.66. The number of hydrogen-bond donors (Lipinski definition) is 3. The van der Waals surface area contributed by atoms with Gasteiger partial charge in [0.15, 0.2) is 0 Å². The number of hydrogen-bond acceptors (Lipinski definition) is 4. The molecule has 0 aliphatic heterocycles. The Morgan fingerprint density at radius 3 is 2.43 bits per heavy atom. The van der Waals surface area contributed by atoms with Gasteiger partial charge in [0, 0.05) is 6.54 Å². The number of benzene rings is 2. The maximum Gasteiger partial charge on any atom is 0.258 e. The van der Waals surface area contributed by atoms with Gasteiger partial charge in [-0.3, -0.25) is 4.79 Å². The number of phenolic OH excluding ortho intramolecular Hbond substituents is 2. The summed E-state index contributed by atoms with van der Waals surface area (Å²) >= 11 is 0. The zero-order chi connectivity index (χ0) is 15.2. The molecule has 21 heavy (non-hydrogen) atoms. The van der Waals surface area contributed by atoms with Crippen molar-refractivity contribution in [1.29, 1.82) is 0 Å². The van der Waals surface area contributed by atoms with Crippen LogP contribution >= 0.6 is 0 Å². The van der Waals surface area contributed by atoms with Gasteiger partial charge >= 0.3 is 0 Å². The third-order valence-corrected chi connectivity index (χ3v) is 3.12. The van der Waals surface area contributed by atoms with E-state index in [1.807, 2.05) is 24.3 Å². The summed E-state index contributed by atoms with van der Waals surface area (Å²) in [5.41, 5.74) is 0.860. The first kappa shape index (κ1) is 14.7. The first-order chi connectivity index (χ1) is 10.1. The lowest BCUT2D eigenvalue weighted by atomic mass is 10.1. The molecule has 1 amide bonds. The molecule has 0 spiro atoms. The minimum absolute atomic E-state index is 0.113. The largest absolute Gasteiger partial charge is 0.507 e. The van der Waals surface area contributed by atoms with Gasteiger partial charge in [-0.2, -0.15) is 0 Å².